The second-order valence-corrected chi connectivity index (χ2v) is 11.6. The van der Waals surface area contributed by atoms with Crippen molar-refractivity contribution in [2.45, 2.75) is 70.3 Å². The van der Waals surface area contributed by atoms with Crippen LogP contribution >= 0.6 is 0 Å². The van der Waals surface area contributed by atoms with Gasteiger partial charge in [-0.2, -0.15) is 17.5 Å². The average molecular weight is 525 g/mol. The number of anilines is 1. The van der Waals surface area contributed by atoms with Gasteiger partial charge >= 0.3 is 18.2 Å². The predicted molar refractivity (Wildman–Crippen MR) is 117 cm³/mol. The van der Waals surface area contributed by atoms with Crippen LogP contribution in [0.2, 0.25) is 0 Å². The van der Waals surface area contributed by atoms with Gasteiger partial charge in [0, 0.05) is 30.7 Å². The highest BCUT2D eigenvalue weighted by Gasteiger charge is 2.44. The third-order valence-corrected chi connectivity index (χ3v) is 7.78. The van der Waals surface area contributed by atoms with Gasteiger partial charge in [0.05, 0.1) is 23.8 Å². The average Bonchev–Trinajstić information content (AvgIpc) is 2.83. The summed E-state index contributed by atoms with van der Waals surface area (Å²) < 4.78 is 85.1. The molecule has 1 N–H and O–H groups in total. The summed E-state index contributed by atoms with van der Waals surface area (Å²) in [4.78, 5) is 29.2. The monoisotopic (exact) mass is 524 g/mol. The maximum absolute atomic E-state index is 14.5. The molecule has 1 unspecified atom stereocenters. The van der Waals surface area contributed by atoms with Crippen LogP contribution in [0.5, 0.6) is 0 Å². The first-order valence-electron chi connectivity index (χ1n) is 11.1. The fourth-order valence-electron chi connectivity index (χ4n) is 4.24. The SMILES string of the molecule is CC(C)(C)OC(=O)N1C[C@H](CCc2c(F)cncc2NC(=O)C(F)(F)F)N2C[C@H]1CCCS2(=O)=O. The predicted octanol–water partition coefficient (Wildman–Crippen LogP) is 3.07. The van der Waals surface area contributed by atoms with Crippen LogP contribution in [-0.2, 0) is 26.0 Å². The van der Waals surface area contributed by atoms with Gasteiger partial charge in [0.25, 0.3) is 0 Å². The number of pyridine rings is 1. The van der Waals surface area contributed by atoms with E-state index in [-0.39, 0.29) is 37.2 Å². The van der Waals surface area contributed by atoms with Crippen molar-refractivity contribution >= 4 is 27.7 Å². The van der Waals surface area contributed by atoms with E-state index in [4.69, 9.17) is 4.74 Å². The maximum atomic E-state index is 14.5. The van der Waals surface area contributed by atoms with Crippen LogP contribution in [0.1, 0.15) is 45.6 Å². The molecule has 3 rings (SSSR count). The van der Waals surface area contributed by atoms with E-state index >= 15 is 0 Å². The zero-order valence-electron chi connectivity index (χ0n) is 19.6. The van der Waals surface area contributed by atoms with E-state index in [1.54, 1.807) is 26.1 Å². The van der Waals surface area contributed by atoms with Crippen molar-refractivity contribution < 1.29 is 40.3 Å². The number of hydrogen-bond donors (Lipinski definition) is 1. The number of ether oxygens (including phenoxy) is 1. The highest BCUT2D eigenvalue weighted by molar-refractivity contribution is 7.89. The molecule has 2 amide bonds. The van der Waals surface area contributed by atoms with Crippen molar-refractivity contribution in [1.29, 1.82) is 0 Å². The molecule has 0 spiro atoms. The number of carbonyl (C=O) groups is 2. The maximum Gasteiger partial charge on any atom is 0.471 e. The molecule has 3 heterocycles. The van der Waals surface area contributed by atoms with E-state index in [0.29, 0.717) is 12.8 Å². The van der Waals surface area contributed by atoms with Gasteiger partial charge < -0.3 is 15.0 Å². The fourth-order valence-corrected chi connectivity index (χ4v) is 6.03. The summed E-state index contributed by atoms with van der Waals surface area (Å²) in [6, 6.07) is -1.15. The van der Waals surface area contributed by atoms with E-state index in [1.807, 2.05) is 0 Å². The molecule has 2 aliphatic rings. The molecular weight excluding hydrogens is 496 g/mol. The number of nitrogens with zero attached hydrogens (tertiary/aromatic N) is 3. The Morgan fingerprint density at radius 3 is 2.51 bits per heavy atom. The number of carbonyl (C=O) groups excluding carboxylic acids is 2. The van der Waals surface area contributed by atoms with Gasteiger partial charge in [0.15, 0.2) is 0 Å². The van der Waals surface area contributed by atoms with Crippen LogP contribution in [0.3, 0.4) is 0 Å². The molecule has 3 atom stereocenters. The Kier molecular flexibility index (Phi) is 7.65. The van der Waals surface area contributed by atoms with Gasteiger partial charge in [-0.05, 0) is 46.5 Å². The Morgan fingerprint density at radius 2 is 1.89 bits per heavy atom. The third-order valence-electron chi connectivity index (χ3n) is 5.81. The molecule has 1 aromatic heterocycles. The van der Waals surface area contributed by atoms with E-state index in [9.17, 15) is 35.6 Å². The van der Waals surface area contributed by atoms with Crippen molar-refractivity contribution in [3.05, 3.63) is 23.8 Å². The molecule has 0 aliphatic carbocycles. The largest absolute Gasteiger partial charge is 0.471 e. The zero-order valence-corrected chi connectivity index (χ0v) is 20.4. The second kappa shape index (κ2) is 9.88. The summed E-state index contributed by atoms with van der Waals surface area (Å²) in [6.45, 7) is 5.15. The van der Waals surface area contributed by atoms with Gasteiger partial charge in [0.2, 0.25) is 10.0 Å². The number of piperazine rings is 1. The second-order valence-electron chi connectivity index (χ2n) is 9.61. The molecule has 35 heavy (non-hydrogen) atoms. The Morgan fingerprint density at radius 1 is 1.20 bits per heavy atom. The van der Waals surface area contributed by atoms with Gasteiger partial charge in [-0.1, -0.05) is 0 Å². The van der Waals surface area contributed by atoms with E-state index in [1.165, 1.54) is 9.21 Å². The lowest BCUT2D eigenvalue weighted by Gasteiger charge is -2.44. The molecular formula is C21H28F4N4O5S. The number of amides is 2. The molecule has 2 fully saturated rings. The normalized spacial score (nSPS) is 24.4. The molecule has 196 valence electrons. The standard InChI is InChI=1S/C21H28F4N4O5S/c1-20(2,3)34-19(31)28-11-14(29-12-13(28)5-4-8-35(29,32)33)6-7-15-16(22)9-26-10-17(15)27-18(30)21(23,24)25/h9-10,13-14H,4-8,11-12H2,1-3H3,(H,27,30)/t13-,14+/m1/s1. The lowest BCUT2D eigenvalue weighted by molar-refractivity contribution is -0.167. The molecule has 0 radical (unpaired) electrons. The molecule has 9 nitrogen and oxygen atoms in total. The first-order valence-corrected chi connectivity index (χ1v) is 12.7. The van der Waals surface area contributed by atoms with E-state index < -0.39 is 57.4 Å². The molecule has 2 bridgehead atoms. The summed E-state index contributed by atoms with van der Waals surface area (Å²) in [7, 11) is -3.66. The van der Waals surface area contributed by atoms with Crippen molar-refractivity contribution in [3.8, 4) is 0 Å². The highest BCUT2D eigenvalue weighted by atomic mass is 32.2. The van der Waals surface area contributed by atoms with Crippen LogP contribution in [0.4, 0.5) is 28.0 Å². The minimum Gasteiger partial charge on any atom is -0.444 e. The first kappa shape index (κ1) is 27.1. The van der Waals surface area contributed by atoms with Gasteiger partial charge in [-0.25, -0.2) is 17.6 Å². The van der Waals surface area contributed by atoms with Crippen molar-refractivity contribution in [3.63, 3.8) is 0 Å². The molecule has 1 aromatic rings. The van der Waals surface area contributed by atoms with Crippen molar-refractivity contribution in [2.75, 3.05) is 24.2 Å². The lowest BCUT2D eigenvalue weighted by Crippen LogP contribution is -2.60. The first-order chi connectivity index (χ1) is 16.1. The number of rotatable bonds is 4. The molecule has 2 saturated heterocycles. The van der Waals surface area contributed by atoms with Crippen LogP contribution in [0.15, 0.2) is 12.4 Å². The minimum absolute atomic E-state index is 0.0128. The number of aromatic nitrogens is 1. The van der Waals surface area contributed by atoms with Crippen LogP contribution < -0.4 is 5.32 Å². The fraction of sp³-hybridized carbons (Fsp3) is 0.667. The minimum atomic E-state index is -5.18. The zero-order chi connectivity index (χ0) is 26.2. The third kappa shape index (κ3) is 6.60. The quantitative estimate of drug-likeness (QED) is 0.607. The molecule has 0 saturated carbocycles. The topological polar surface area (TPSA) is 109 Å². The summed E-state index contributed by atoms with van der Waals surface area (Å²) in [6.07, 6.45) is -3.49. The van der Waals surface area contributed by atoms with Gasteiger partial charge in [-0.3, -0.25) is 9.78 Å². The lowest BCUT2D eigenvalue weighted by atomic mass is 9.99. The Bertz CT molecular complexity index is 1070. The van der Waals surface area contributed by atoms with Gasteiger partial charge in [-0.15, -0.1) is 0 Å². The van der Waals surface area contributed by atoms with E-state index in [0.717, 1.165) is 12.4 Å². The molecule has 0 aromatic carbocycles. The number of sulfonamides is 1. The van der Waals surface area contributed by atoms with E-state index in [2.05, 4.69) is 4.98 Å². The summed E-state index contributed by atoms with van der Waals surface area (Å²) >= 11 is 0. The molecule has 14 heteroatoms. The van der Waals surface area contributed by atoms with Crippen LogP contribution in [0.25, 0.3) is 0 Å². The number of halogens is 4. The summed E-state index contributed by atoms with van der Waals surface area (Å²) in [5.41, 5.74) is -1.47. The van der Waals surface area contributed by atoms with Gasteiger partial charge in [0.1, 0.15) is 11.4 Å². The summed E-state index contributed by atoms with van der Waals surface area (Å²) in [5.74, 6) is -3.34. The Balaban J connectivity index is 1.85. The van der Waals surface area contributed by atoms with Crippen molar-refractivity contribution in [1.82, 2.24) is 14.2 Å². The number of nitrogens with one attached hydrogen (secondary N) is 1. The molecule has 2 aliphatic heterocycles. The summed E-state index contributed by atoms with van der Waals surface area (Å²) in [5, 5.41) is 1.62. The number of fused-ring (bicyclic) bond motifs is 2. The number of hydrogen-bond acceptors (Lipinski definition) is 6. The highest BCUT2D eigenvalue weighted by Crippen LogP contribution is 2.31. The van der Waals surface area contributed by atoms with Crippen LogP contribution in [-0.4, -0.2) is 77.3 Å². The Labute approximate surface area is 200 Å². The number of alkyl halides is 3. The Hall–Kier alpha value is -2.48. The van der Waals surface area contributed by atoms with Crippen molar-refractivity contribution in [2.24, 2.45) is 0 Å². The smallest absolute Gasteiger partial charge is 0.444 e. The van der Waals surface area contributed by atoms with Crippen LogP contribution in [0, 0.1) is 5.82 Å².